The molecule has 1 unspecified atom stereocenters. The van der Waals surface area contributed by atoms with Crippen molar-refractivity contribution in [1.82, 2.24) is 24.4 Å². The van der Waals surface area contributed by atoms with Crippen molar-refractivity contribution in [3.63, 3.8) is 0 Å². The highest BCUT2D eigenvalue weighted by atomic mass is 127. The van der Waals surface area contributed by atoms with Gasteiger partial charge in [-0.15, -0.1) is 0 Å². The first-order valence-corrected chi connectivity index (χ1v) is 37.4. The summed E-state index contributed by atoms with van der Waals surface area (Å²) in [6, 6.07) is 59.7. The van der Waals surface area contributed by atoms with Crippen molar-refractivity contribution in [2.24, 2.45) is 5.73 Å². The summed E-state index contributed by atoms with van der Waals surface area (Å²) in [4.78, 5) is 21.8. The smallest absolute Gasteiger partial charge is 0.407 e. The molecule has 3 N–H and O–H groups in total. The number of nitrogens with zero attached hydrogens (tertiary/aromatic N) is 4. The molecule has 2 atom stereocenters. The van der Waals surface area contributed by atoms with E-state index in [2.05, 4.69) is 280 Å². The van der Waals surface area contributed by atoms with Crippen molar-refractivity contribution in [3.05, 3.63) is 204 Å². The van der Waals surface area contributed by atoms with Crippen LogP contribution in [0.25, 0.3) is 22.5 Å². The number of nitrogens with two attached hydrogens (primary N) is 1. The molecule has 10 rings (SSSR count). The predicted molar refractivity (Wildman–Crippen MR) is 381 cm³/mol. The second-order valence-electron chi connectivity index (χ2n) is 27.3. The lowest BCUT2D eigenvalue weighted by molar-refractivity contribution is -0.0541. The number of benzene rings is 6. The minimum Gasteiger partial charge on any atom is -0.444 e. The van der Waals surface area contributed by atoms with Crippen molar-refractivity contribution >= 4 is 82.0 Å². The van der Waals surface area contributed by atoms with Crippen LogP contribution in [0.2, 0.25) is 10.1 Å². The molecule has 6 aromatic carbocycles. The number of amides is 1. The van der Waals surface area contributed by atoms with Crippen molar-refractivity contribution in [3.8, 4) is 22.5 Å². The molecule has 0 fully saturated rings. The second kappa shape index (κ2) is 29.8. The summed E-state index contributed by atoms with van der Waals surface area (Å²) in [6.07, 6.45) is 6.22. The van der Waals surface area contributed by atoms with Gasteiger partial charge in [-0.05, 0) is 116 Å². The molecule has 0 aliphatic carbocycles. The van der Waals surface area contributed by atoms with Gasteiger partial charge in [0.2, 0.25) is 0 Å². The van der Waals surface area contributed by atoms with Crippen LogP contribution in [0.1, 0.15) is 120 Å². The summed E-state index contributed by atoms with van der Waals surface area (Å²) in [5.74, 6) is 1.99. The van der Waals surface area contributed by atoms with Gasteiger partial charge in [0.25, 0.3) is 16.6 Å². The number of alkyl carbamates (subject to hydrolysis) is 1. The molecule has 12 nitrogen and oxygen atoms in total. The SMILES string of the molecule is CC(C)(C)OC(=O)N[C@@H](CI)CCO[Si](c1ccccc1)(c1ccccc1)C(C)(C)C.CC1(C)OCCn2cc(-c3ccc(Br)cc3)nc21.CC1(C)OCCn2cc(-c3ccc(CC(N)CCO[Si](c4ccccc4)(c4ccccc4)C(C)(C)C)cc3)nc21. The molecule has 0 spiro atoms. The van der Waals surface area contributed by atoms with E-state index in [0.717, 1.165) is 82.0 Å². The number of fused-ring (bicyclic) bond motifs is 2. The van der Waals surface area contributed by atoms with E-state index >= 15 is 0 Å². The van der Waals surface area contributed by atoms with Crippen LogP contribution in [0.4, 0.5) is 4.79 Å². The molecule has 0 bridgehead atoms. The quantitative estimate of drug-likeness (QED) is 0.0489. The fourth-order valence-electron chi connectivity index (χ4n) is 12.1. The number of imidazole rings is 2. The van der Waals surface area contributed by atoms with Crippen LogP contribution in [0.5, 0.6) is 0 Å². The van der Waals surface area contributed by atoms with Gasteiger partial charge in [-0.25, -0.2) is 14.8 Å². The third-order valence-electron chi connectivity index (χ3n) is 16.4. The number of aromatic nitrogens is 4. The molecule has 0 saturated carbocycles. The van der Waals surface area contributed by atoms with Crippen LogP contribution >= 0.6 is 38.5 Å². The normalized spacial score (nSPS) is 15.4. The number of halogens is 2. The number of nitrogens with one attached hydrogen (secondary N) is 1. The average Bonchev–Trinajstić information content (AvgIpc) is 1.79. The van der Waals surface area contributed by atoms with Gasteiger partial charge in [0.05, 0.1) is 24.6 Å². The Labute approximate surface area is 554 Å². The molecule has 474 valence electrons. The third-order valence-corrected chi connectivity index (χ3v) is 28.1. The van der Waals surface area contributed by atoms with Gasteiger partial charge in [-0.3, -0.25) is 0 Å². The monoisotopic (exact) mass is 1410 g/mol. The lowest BCUT2D eigenvalue weighted by Gasteiger charge is -2.43. The molecular weight excluding hydrogens is 1320 g/mol. The summed E-state index contributed by atoms with van der Waals surface area (Å²) in [5.41, 5.74) is 11.0. The van der Waals surface area contributed by atoms with Crippen LogP contribution in [0.3, 0.4) is 0 Å². The van der Waals surface area contributed by atoms with E-state index in [4.69, 9.17) is 38.8 Å². The van der Waals surface area contributed by atoms with Gasteiger partial charge in [0.1, 0.15) is 28.5 Å². The Hall–Kier alpha value is -5.55. The zero-order valence-corrected chi connectivity index (χ0v) is 60.4. The molecule has 4 heterocycles. The van der Waals surface area contributed by atoms with E-state index in [1.54, 1.807) is 0 Å². The van der Waals surface area contributed by atoms with Crippen LogP contribution in [-0.4, -0.2) is 90.4 Å². The van der Waals surface area contributed by atoms with Crippen LogP contribution in [0, 0.1) is 0 Å². The fraction of sp³-hybridized carbons (Fsp3) is 0.411. The third kappa shape index (κ3) is 17.3. The molecule has 8 aromatic rings. The molecule has 0 saturated heterocycles. The van der Waals surface area contributed by atoms with Crippen molar-refractivity contribution in [2.45, 2.75) is 161 Å². The van der Waals surface area contributed by atoms with Crippen LogP contribution < -0.4 is 31.8 Å². The van der Waals surface area contributed by atoms with Gasteiger partial charge >= 0.3 is 6.09 Å². The molecular formula is C73H94BrIN6O6Si2. The number of alkyl halides is 1. The summed E-state index contributed by atoms with van der Waals surface area (Å²) in [7, 11) is -5.10. The highest BCUT2D eigenvalue weighted by Crippen LogP contribution is 2.39. The molecule has 16 heteroatoms. The van der Waals surface area contributed by atoms with Crippen molar-refractivity contribution < 1.29 is 27.9 Å². The molecule has 1 amide bonds. The molecule has 2 aromatic heterocycles. The first kappa shape index (κ1) is 69.3. The highest BCUT2D eigenvalue weighted by molar-refractivity contribution is 14.1. The first-order chi connectivity index (χ1) is 42.2. The second-order valence-corrected chi connectivity index (χ2v) is 37.7. The van der Waals surface area contributed by atoms with E-state index in [9.17, 15) is 4.79 Å². The van der Waals surface area contributed by atoms with E-state index in [0.29, 0.717) is 19.8 Å². The van der Waals surface area contributed by atoms with Gasteiger partial charge in [0.15, 0.2) is 0 Å². The highest BCUT2D eigenvalue weighted by Gasteiger charge is 2.51. The fourth-order valence-corrected chi connectivity index (χ4v) is 22.2. The zero-order chi connectivity index (χ0) is 64.3. The average molecular weight is 1410 g/mol. The minimum absolute atomic E-state index is 0.00587. The largest absolute Gasteiger partial charge is 0.444 e. The predicted octanol–water partition coefficient (Wildman–Crippen LogP) is 14.5. The van der Waals surface area contributed by atoms with Crippen molar-refractivity contribution in [1.29, 1.82) is 0 Å². The Kier molecular flexibility index (Phi) is 23.2. The molecule has 0 radical (unpaired) electrons. The summed E-state index contributed by atoms with van der Waals surface area (Å²) in [6.45, 7) is 32.0. The van der Waals surface area contributed by atoms with E-state index in [-0.39, 0.29) is 39.5 Å². The number of carbonyl (C=O) groups is 1. The Morgan fingerprint density at radius 2 is 0.966 bits per heavy atom. The summed E-state index contributed by atoms with van der Waals surface area (Å²) >= 11 is 5.75. The summed E-state index contributed by atoms with van der Waals surface area (Å²) < 4.78 is 37.4. The molecule has 2 aliphatic rings. The summed E-state index contributed by atoms with van der Waals surface area (Å²) in [5, 5.41) is 8.02. The zero-order valence-electron chi connectivity index (χ0n) is 54.6. The van der Waals surface area contributed by atoms with Gasteiger partial charge < -0.3 is 43.2 Å². The number of hydrogen-bond donors (Lipinski definition) is 2. The number of hydrogen-bond acceptors (Lipinski definition) is 9. The lowest BCUT2D eigenvalue weighted by Crippen LogP contribution is -2.66. The Morgan fingerprint density at radius 1 is 0.596 bits per heavy atom. The van der Waals surface area contributed by atoms with Crippen LogP contribution in [-0.2, 0) is 53.8 Å². The number of ether oxygens (including phenoxy) is 3. The Morgan fingerprint density at radius 3 is 1.31 bits per heavy atom. The first-order valence-electron chi connectivity index (χ1n) is 31.3. The minimum atomic E-state index is -2.55. The Bertz CT molecular complexity index is 3420. The maximum atomic E-state index is 12.2. The maximum absolute atomic E-state index is 12.2. The topological polar surface area (TPSA) is 137 Å². The number of rotatable bonds is 18. The van der Waals surface area contributed by atoms with E-state index in [1.165, 1.54) is 26.3 Å². The van der Waals surface area contributed by atoms with Gasteiger partial charge in [-0.2, -0.15) is 0 Å². The standard InChI is InChI=1S/C34H43N3O2Si.C25H36INO3Si.C14H15BrN2O/c1-33(2,3)40(29-12-8-6-9-13-29,30-14-10-7-11-15-30)39-22-20-28(35)24-26-16-18-27(19-17-26)31-25-37-21-23-38-34(4,5)32(37)36-31;1-24(2,3)30-23(28)27-20(19-26)17-18-29-31(25(4,5)6,21-13-9-7-10-14-21)22-15-11-8-12-16-22;1-14(2)13-16-12(9-17(13)7-8-18-14)10-3-5-11(15)6-4-10/h6-19,25,28H,20-24,35H2,1-5H3;7-16,20H,17-19H2,1-6H3,(H,27,28);3-6,9H,7-8H2,1-2H3/t;20-;/m.1./s1. The van der Waals surface area contributed by atoms with E-state index in [1.807, 2.05) is 45.0 Å². The van der Waals surface area contributed by atoms with Gasteiger partial charge in [-0.1, -0.05) is 238 Å². The molecule has 2 aliphatic heterocycles. The maximum Gasteiger partial charge on any atom is 0.407 e. The van der Waals surface area contributed by atoms with Crippen LogP contribution in [0.15, 0.2) is 187 Å². The molecule has 89 heavy (non-hydrogen) atoms. The lowest BCUT2D eigenvalue weighted by atomic mass is 10.0. The van der Waals surface area contributed by atoms with Crippen molar-refractivity contribution in [2.75, 3.05) is 30.9 Å². The van der Waals surface area contributed by atoms with Gasteiger partial charge in [0, 0.05) is 70.8 Å². The number of carbonyl (C=O) groups excluding carboxylic acids is 1. The van der Waals surface area contributed by atoms with E-state index < -0.39 is 22.2 Å². The Balaban J connectivity index is 0.000000185.